The molecule has 0 fully saturated rings. The van der Waals surface area contributed by atoms with Crippen molar-refractivity contribution >= 4 is 50.2 Å². The molecule has 0 spiro atoms. The number of dihydropyridines is 1. The highest BCUT2D eigenvalue weighted by Gasteiger charge is 2.26. The largest absolute Gasteiger partial charge is 0.455 e. The topological polar surface area (TPSA) is 30.4 Å². The molecule has 1 aliphatic carbocycles. The van der Waals surface area contributed by atoms with Crippen LogP contribution >= 0.6 is 0 Å². The van der Waals surface area contributed by atoms with E-state index in [1.54, 1.807) is 0 Å². The molecule has 3 heteroatoms. The molecule has 2 atom stereocenters. The van der Waals surface area contributed by atoms with Gasteiger partial charge in [-0.15, -0.1) is 0 Å². The van der Waals surface area contributed by atoms with Crippen molar-refractivity contribution < 1.29 is 4.42 Å². The first-order valence-electron chi connectivity index (χ1n) is 19.6. The van der Waals surface area contributed by atoms with E-state index in [9.17, 15) is 0 Å². The molecule has 2 aromatic heterocycles. The molecule has 56 heavy (non-hydrogen) atoms. The lowest BCUT2D eigenvalue weighted by atomic mass is 9.84. The molecule has 266 valence electrons. The highest BCUT2D eigenvalue weighted by atomic mass is 16.3. The molecule has 11 rings (SSSR count). The van der Waals surface area contributed by atoms with E-state index in [4.69, 9.17) is 9.41 Å². The van der Waals surface area contributed by atoms with E-state index in [0.717, 1.165) is 62.9 Å². The molecule has 0 amide bonds. The number of furan rings is 1. The number of rotatable bonds is 6. The summed E-state index contributed by atoms with van der Waals surface area (Å²) in [6, 6.07) is 63.1. The van der Waals surface area contributed by atoms with Crippen molar-refractivity contribution in [3.63, 3.8) is 0 Å². The van der Waals surface area contributed by atoms with Gasteiger partial charge in [0, 0.05) is 39.0 Å². The van der Waals surface area contributed by atoms with Crippen LogP contribution in [0, 0.1) is 0 Å². The second-order valence-corrected chi connectivity index (χ2v) is 15.0. The molecule has 0 N–H and O–H groups in total. The fraction of sp³-hybridized carbons (Fsp3) is 0.0755. The van der Waals surface area contributed by atoms with E-state index in [1.165, 1.54) is 44.4 Å². The first-order chi connectivity index (χ1) is 27.7. The van der Waals surface area contributed by atoms with Crippen LogP contribution < -0.4 is 0 Å². The van der Waals surface area contributed by atoms with Crippen molar-refractivity contribution in [2.24, 2.45) is 4.99 Å². The Balaban J connectivity index is 0.952. The zero-order valence-electron chi connectivity index (χ0n) is 30.8. The number of aliphatic imine (C=N–C) groups is 1. The second-order valence-electron chi connectivity index (χ2n) is 15.0. The third-order valence-corrected chi connectivity index (χ3v) is 11.7. The quantitative estimate of drug-likeness (QED) is 0.168. The maximum Gasteiger partial charge on any atom is 0.143 e. The summed E-state index contributed by atoms with van der Waals surface area (Å²) in [5.41, 5.74) is 16.4. The average molecular weight is 719 g/mol. The highest BCUT2D eigenvalue weighted by molar-refractivity contribution is 6.13. The molecule has 0 radical (unpaired) electrons. The van der Waals surface area contributed by atoms with Crippen LogP contribution in [0.25, 0.3) is 61.3 Å². The lowest BCUT2D eigenvalue weighted by Gasteiger charge is -2.24. The summed E-state index contributed by atoms with van der Waals surface area (Å²) in [5.74, 6) is 0.254. The Morgan fingerprint density at radius 3 is 2.12 bits per heavy atom. The first kappa shape index (κ1) is 32.5. The van der Waals surface area contributed by atoms with Crippen molar-refractivity contribution in [3.05, 3.63) is 222 Å². The van der Waals surface area contributed by atoms with E-state index in [1.807, 2.05) is 6.07 Å². The van der Waals surface area contributed by atoms with E-state index in [-0.39, 0.29) is 12.0 Å². The molecular weight excluding hydrogens is 681 g/mol. The van der Waals surface area contributed by atoms with E-state index < -0.39 is 0 Å². The van der Waals surface area contributed by atoms with Gasteiger partial charge in [0.05, 0.1) is 17.3 Å². The third-order valence-electron chi connectivity index (χ3n) is 11.7. The van der Waals surface area contributed by atoms with Crippen LogP contribution in [0.15, 0.2) is 197 Å². The standard InChI is InChI=1S/C53H38N2O/c1-3-14-35(15-4-1)41-33-48(36-16-5-2-6-17-36)54-49(34-41)40-20-11-18-37(30-40)38-28-29-51-47(32-38)44-22-7-9-26-50(44)55(51)42-21-12-19-39(31-42)43-24-13-25-46-45-23-8-10-27-52(45)56-53(43)46/h1-31,33,38,49H,32,34H2. The van der Waals surface area contributed by atoms with Gasteiger partial charge in [-0.25, -0.2) is 0 Å². The molecule has 7 aromatic carbocycles. The van der Waals surface area contributed by atoms with Crippen molar-refractivity contribution in [1.82, 2.24) is 4.57 Å². The van der Waals surface area contributed by atoms with Crippen LogP contribution in [0.5, 0.6) is 0 Å². The number of benzene rings is 7. The van der Waals surface area contributed by atoms with Crippen molar-refractivity contribution in [2.75, 3.05) is 0 Å². The molecule has 0 saturated carbocycles. The molecule has 9 aromatic rings. The minimum atomic E-state index is 0.0353. The molecule has 0 saturated heterocycles. The Bertz CT molecular complexity index is 3030. The summed E-state index contributed by atoms with van der Waals surface area (Å²) < 4.78 is 8.89. The SMILES string of the molecule is C1=CC(c2cccc(C3CC(c4ccccc4)=CC(c4ccccc4)=N3)c2)Cc2c1n(-c1cccc(-c3cccc4c3oc3ccccc34)c1)c1ccccc21. The van der Waals surface area contributed by atoms with Crippen LogP contribution in [-0.4, -0.2) is 10.3 Å². The van der Waals surface area contributed by atoms with Gasteiger partial charge in [0.2, 0.25) is 0 Å². The van der Waals surface area contributed by atoms with Crippen LogP contribution in [0.3, 0.4) is 0 Å². The maximum atomic E-state index is 6.45. The van der Waals surface area contributed by atoms with Gasteiger partial charge < -0.3 is 8.98 Å². The van der Waals surface area contributed by atoms with E-state index in [2.05, 4.69) is 193 Å². The fourth-order valence-electron chi connectivity index (χ4n) is 9.00. The van der Waals surface area contributed by atoms with Gasteiger partial charge in [0.15, 0.2) is 0 Å². The first-order valence-corrected chi connectivity index (χ1v) is 19.6. The summed E-state index contributed by atoms with van der Waals surface area (Å²) >= 11 is 0. The van der Waals surface area contributed by atoms with Crippen LogP contribution in [0.4, 0.5) is 0 Å². The van der Waals surface area contributed by atoms with Crippen LogP contribution in [0.1, 0.15) is 51.9 Å². The van der Waals surface area contributed by atoms with Gasteiger partial charge >= 0.3 is 0 Å². The molecule has 3 heterocycles. The number of para-hydroxylation sites is 3. The summed E-state index contributed by atoms with van der Waals surface area (Å²) in [7, 11) is 0. The lowest BCUT2D eigenvalue weighted by molar-refractivity contribution is 0.670. The summed E-state index contributed by atoms with van der Waals surface area (Å²) in [6.07, 6.45) is 8.84. The molecule has 3 nitrogen and oxygen atoms in total. The Hall–Kier alpha value is -6.97. The molecule has 2 aliphatic rings. The molecular formula is C53H38N2O. The number of nitrogens with zero attached hydrogens (tertiary/aromatic N) is 2. The molecule has 2 unspecified atom stereocenters. The summed E-state index contributed by atoms with van der Waals surface area (Å²) in [5, 5.41) is 3.60. The number of aromatic nitrogens is 1. The minimum Gasteiger partial charge on any atom is -0.455 e. The summed E-state index contributed by atoms with van der Waals surface area (Å²) in [6.45, 7) is 0. The Labute approximate surface area is 326 Å². The Morgan fingerprint density at radius 2 is 1.25 bits per heavy atom. The second kappa shape index (κ2) is 13.4. The normalized spacial score (nSPS) is 16.6. The van der Waals surface area contributed by atoms with Crippen molar-refractivity contribution in [2.45, 2.75) is 24.8 Å². The van der Waals surface area contributed by atoms with Gasteiger partial charge in [-0.05, 0) is 88.2 Å². The van der Waals surface area contributed by atoms with Gasteiger partial charge in [-0.1, -0.05) is 158 Å². The molecule has 1 aliphatic heterocycles. The van der Waals surface area contributed by atoms with E-state index >= 15 is 0 Å². The van der Waals surface area contributed by atoms with Gasteiger partial charge in [-0.3, -0.25) is 4.99 Å². The minimum absolute atomic E-state index is 0.0353. The zero-order valence-corrected chi connectivity index (χ0v) is 30.8. The number of fused-ring (bicyclic) bond motifs is 6. The van der Waals surface area contributed by atoms with Crippen molar-refractivity contribution in [3.8, 4) is 16.8 Å². The number of hydrogen-bond acceptors (Lipinski definition) is 2. The number of allylic oxidation sites excluding steroid dienone is 2. The monoisotopic (exact) mass is 718 g/mol. The van der Waals surface area contributed by atoms with Crippen LogP contribution in [0.2, 0.25) is 0 Å². The third kappa shape index (κ3) is 5.55. The Kier molecular flexibility index (Phi) is 7.77. The lowest BCUT2D eigenvalue weighted by Crippen LogP contribution is -2.11. The fourth-order valence-corrected chi connectivity index (χ4v) is 9.00. The average Bonchev–Trinajstić information content (AvgIpc) is 3.83. The van der Waals surface area contributed by atoms with Crippen LogP contribution in [-0.2, 0) is 6.42 Å². The zero-order chi connectivity index (χ0) is 37.0. The summed E-state index contributed by atoms with van der Waals surface area (Å²) in [4.78, 5) is 5.37. The van der Waals surface area contributed by atoms with Crippen molar-refractivity contribution in [1.29, 1.82) is 0 Å². The van der Waals surface area contributed by atoms with Gasteiger partial charge in [-0.2, -0.15) is 0 Å². The Morgan fingerprint density at radius 1 is 0.554 bits per heavy atom. The number of hydrogen-bond donors (Lipinski definition) is 0. The van der Waals surface area contributed by atoms with Gasteiger partial charge in [0.25, 0.3) is 0 Å². The molecule has 0 bridgehead atoms. The maximum absolute atomic E-state index is 6.45. The highest BCUT2D eigenvalue weighted by Crippen LogP contribution is 2.42. The predicted octanol–water partition coefficient (Wildman–Crippen LogP) is 13.6. The smallest absolute Gasteiger partial charge is 0.143 e. The predicted molar refractivity (Wildman–Crippen MR) is 233 cm³/mol. The van der Waals surface area contributed by atoms with Gasteiger partial charge in [0.1, 0.15) is 11.2 Å². The van der Waals surface area contributed by atoms with E-state index in [0.29, 0.717) is 0 Å².